The molecule has 1 saturated heterocycles. The number of nitrogens with two attached hydrogens (primary N) is 1. The van der Waals surface area contributed by atoms with E-state index in [0.29, 0.717) is 6.04 Å². The fourth-order valence-electron chi connectivity index (χ4n) is 3.04. The van der Waals surface area contributed by atoms with Gasteiger partial charge in [0.25, 0.3) is 0 Å². The lowest BCUT2D eigenvalue weighted by Gasteiger charge is -2.36. The number of hydrogen-bond donors (Lipinski definition) is 1. The second kappa shape index (κ2) is 2.46. The van der Waals surface area contributed by atoms with Crippen LogP contribution in [-0.4, -0.2) is 30.1 Å². The maximum Gasteiger partial charge on any atom is 0.0120 e. The molecule has 1 aliphatic heterocycles. The van der Waals surface area contributed by atoms with Gasteiger partial charge in [-0.05, 0) is 37.5 Å². The van der Waals surface area contributed by atoms with Crippen LogP contribution in [0, 0.1) is 11.8 Å². The minimum Gasteiger partial charge on any atom is -0.327 e. The predicted molar refractivity (Wildman–Crippen MR) is 48.8 cm³/mol. The molecule has 0 aromatic carbocycles. The molecule has 2 atom stereocenters. The maximum absolute atomic E-state index is 6.14. The molecule has 0 unspecified atom stereocenters. The Morgan fingerprint density at radius 2 is 1.50 bits per heavy atom. The molecule has 0 spiro atoms. The first-order chi connectivity index (χ1) is 5.84. The van der Waals surface area contributed by atoms with Crippen molar-refractivity contribution < 1.29 is 0 Å². The van der Waals surface area contributed by atoms with Gasteiger partial charge in [-0.2, -0.15) is 0 Å². The highest BCUT2D eigenvalue weighted by Gasteiger charge is 2.43. The largest absolute Gasteiger partial charge is 0.327 e. The van der Waals surface area contributed by atoms with Crippen LogP contribution in [0.4, 0.5) is 0 Å². The van der Waals surface area contributed by atoms with Gasteiger partial charge in [0.1, 0.15) is 0 Å². The molecule has 2 nitrogen and oxygen atoms in total. The molecule has 3 aliphatic rings. The molecule has 2 N–H and O–H groups in total. The van der Waals surface area contributed by atoms with Crippen LogP contribution in [0.25, 0.3) is 0 Å². The number of piperidine rings is 1. The third-order valence-electron chi connectivity index (χ3n) is 4.00. The van der Waals surface area contributed by atoms with Gasteiger partial charge >= 0.3 is 0 Å². The Kier molecular flexibility index (Phi) is 1.50. The van der Waals surface area contributed by atoms with Gasteiger partial charge in [0, 0.05) is 25.2 Å². The first-order valence-electron chi connectivity index (χ1n) is 5.34. The summed E-state index contributed by atoms with van der Waals surface area (Å²) in [5.41, 5.74) is 6.14. The van der Waals surface area contributed by atoms with E-state index in [9.17, 15) is 0 Å². The first kappa shape index (κ1) is 7.34. The van der Waals surface area contributed by atoms with E-state index in [2.05, 4.69) is 4.90 Å². The van der Waals surface area contributed by atoms with E-state index >= 15 is 0 Å². The minimum atomic E-state index is 0.542. The quantitative estimate of drug-likeness (QED) is 0.625. The molecule has 2 bridgehead atoms. The highest BCUT2D eigenvalue weighted by molar-refractivity contribution is 4.99. The zero-order valence-corrected chi connectivity index (χ0v) is 7.58. The van der Waals surface area contributed by atoms with Gasteiger partial charge in [0.05, 0.1) is 0 Å². The Labute approximate surface area is 74.1 Å². The molecule has 12 heavy (non-hydrogen) atoms. The highest BCUT2D eigenvalue weighted by atomic mass is 15.2. The van der Waals surface area contributed by atoms with Gasteiger partial charge in [0.15, 0.2) is 0 Å². The molecule has 68 valence electrons. The standard InChI is InChI=1S/C10H18N2/c11-10-7-1-2-8(10)6-12(5-7)9-3-4-9/h7-10H,1-6,11H2/t7-,8-/m0/s1. The molecule has 0 aromatic heterocycles. The van der Waals surface area contributed by atoms with Crippen molar-refractivity contribution >= 4 is 0 Å². The van der Waals surface area contributed by atoms with Crippen LogP contribution in [0.3, 0.4) is 0 Å². The van der Waals surface area contributed by atoms with E-state index in [1.807, 2.05) is 0 Å². The van der Waals surface area contributed by atoms with E-state index in [4.69, 9.17) is 5.73 Å². The fraction of sp³-hybridized carbons (Fsp3) is 1.00. The molecule has 1 heterocycles. The van der Waals surface area contributed by atoms with Crippen molar-refractivity contribution in [2.75, 3.05) is 13.1 Å². The summed E-state index contributed by atoms with van der Waals surface area (Å²) >= 11 is 0. The summed E-state index contributed by atoms with van der Waals surface area (Å²) < 4.78 is 0. The van der Waals surface area contributed by atoms with Gasteiger partial charge in [-0.3, -0.25) is 4.90 Å². The molecule has 0 radical (unpaired) electrons. The van der Waals surface area contributed by atoms with Crippen LogP contribution in [0.2, 0.25) is 0 Å². The zero-order chi connectivity index (χ0) is 8.13. The first-order valence-corrected chi connectivity index (χ1v) is 5.34. The van der Waals surface area contributed by atoms with E-state index in [1.54, 1.807) is 0 Å². The van der Waals surface area contributed by atoms with Gasteiger partial charge in [-0.15, -0.1) is 0 Å². The average Bonchev–Trinajstić information content (AvgIpc) is 2.87. The summed E-state index contributed by atoms with van der Waals surface area (Å²) in [6, 6.07) is 1.50. The Balaban J connectivity index is 1.73. The molecular weight excluding hydrogens is 148 g/mol. The van der Waals surface area contributed by atoms with Crippen molar-refractivity contribution in [3.8, 4) is 0 Å². The Morgan fingerprint density at radius 1 is 0.917 bits per heavy atom. The van der Waals surface area contributed by atoms with Crippen LogP contribution >= 0.6 is 0 Å². The summed E-state index contributed by atoms with van der Waals surface area (Å²) in [7, 11) is 0. The lowest BCUT2D eigenvalue weighted by molar-refractivity contribution is 0.140. The lowest BCUT2D eigenvalue weighted by atomic mass is 9.93. The SMILES string of the molecule is NC1[C@H]2CC[C@H]1CN(C1CC1)C2. The molecule has 3 fully saturated rings. The summed E-state index contributed by atoms with van der Waals surface area (Å²) in [6.07, 6.45) is 5.70. The summed E-state index contributed by atoms with van der Waals surface area (Å²) in [6.45, 7) is 2.62. The van der Waals surface area contributed by atoms with Crippen LogP contribution in [0.5, 0.6) is 0 Å². The van der Waals surface area contributed by atoms with Gasteiger partial charge in [-0.25, -0.2) is 0 Å². The van der Waals surface area contributed by atoms with Gasteiger partial charge in [0.2, 0.25) is 0 Å². The Hall–Kier alpha value is -0.0800. The molecule has 0 amide bonds. The monoisotopic (exact) mass is 166 g/mol. The van der Waals surface area contributed by atoms with E-state index < -0.39 is 0 Å². The summed E-state index contributed by atoms with van der Waals surface area (Å²) in [4.78, 5) is 2.70. The third kappa shape index (κ3) is 1.01. The smallest absolute Gasteiger partial charge is 0.0120 e. The Morgan fingerprint density at radius 3 is 2.00 bits per heavy atom. The summed E-state index contributed by atoms with van der Waals surface area (Å²) in [5, 5.41) is 0. The van der Waals surface area contributed by atoms with Crippen LogP contribution in [-0.2, 0) is 0 Å². The zero-order valence-electron chi connectivity index (χ0n) is 7.58. The molecule has 2 aliphatic carbocycles. The average molecular weight is 166 g/mol. The molecule has 3 rings (SSSR count). The van der Waals surface area contributed by atoms with Crippen LogP contribution in [0.15, 0.2) is 0 Å². The number of fused-ring (bicyclic) bond motifs is 2. The fourth-order valence-corrected chi connectivity index (χ4v) is 3.04. The van der Waals surface area contributed by atoms with Crippen LogP contribution < -0.4 is 5.73 Å². The second-order valence-electron chi connectivity index (χ2n) is 4.86. The normalized spacial score (nSPS) is 48.2. The van der Waals surface area contributed by atoms with Crippen LogP contribution in [0.1, 0.15) is 25.7 Å². The van der Waals surface area contributed by atoms with E-state index in [0.717, 1.165) is 17.9 Å². The van der Waals surface area contributed by atoms with Gasteiger partial charge < -0.3 is 5.73 Å². The lowest BCUT2D eigenvalue weighted by Crippen LogP contribution is -2.49. The molecule has 2 heteroatoms. The number of rotatable bonds is 1. The highest BCUT2D eigenvalue weighted by Crippen LogP contribution is 2.39. The number of hydrogen-bond acceptors (Lipinski definition) is 2. The molecular formula is C10H18N2. The third-order valence-corrected chi connectivity index (χ3v) is 4.00. The number of likely N-dealkylation sites (tertiary alicyclic amines) is 1. The van der Waals surface area contributed by atoms with Crippen molar-refractivity contribution in [1.82, 2.24) is 4.90 Å². The Bertz CT molecular complexity index is 174. The maximum atomic E-state index is 6.14. The molecule has 0 aromatic rings. The van der Waals surface area contributed by atoms with E-state index in [1.165, 1.54) is 38.8 Å². The molecule has 2 saturated carbocycles. The van der Waals surface area contributed by atoms with Crippen molar-refractivity contribution in [3.63, 3.8) is 0 Å². The van der Waals surface area contributed by atoms with E-state index in [-0.39, 0.29) is 0 Å². The second-order valence-corrected chi connectivity index (χ2v) is 4.86. The predicted octanol–water partition coefficient (Wildman–Crippen LogP) is 0.818. The summed E-state index contributed by atoms with van der Waals surface area (Å²) in [5.74, 6) is 1.67. The topological polar surface area (TPSA) is 29.3 Å². The van der Waals surface area contributed by atoms with Crippen molar-refractivity contribution in [2.45, 2.75) is 37.8 Å². The van der Waals surface area contributed by atoms with Crippen molar-refractivity contribution in [2.24, 2.45) is 17.6 Å². The van der Waals surface area contributed by atoms with Crippen molar-refractivity contribution in [3.05, 3.63) is 0 Å². The van der Waals surface area contributed by atoms with Gasteiger partial charge in [-0.1, -0.05) is 0 Å². The van der Waals surface area contributed by atoms with Crippen molar-refractivity contribution in [1.29, 1.82) is 0 Å². The minimum absolute atomic E-state index is 0.542. The number of nitrogens with zero attached hydrogens (tertiary/aromatic N) is 1.